The lowest BCUT2D eigenvalue weighted by Crippen LogP contribution is -2.35. The standard InChI is InChI=1S/C7H6F3NO5S/c8-7(9,10)17(14,15)11-3-4-1-2-5(16-4)6(12)13/h1-2,11H,3H2,(H,12,13). The maximum Gasteiger partial charge on any atom is 0.511 e. The SMILES string of the molecule is O=C(O)c1ccc(CNS(=O)(=O)C(F)(F)F)o1. The first-order valence-electron chi connectivity index (χ1n) is 4.01. The Morgan fingerprint density at radius 1 is 1.41 bits per heavy atom. The minimum Gasteiger partial charge on any atom is -0.475 e. The molecule has 0 unspecified atom stereocenters. The minimum atomic E-state index is -5.46. The summed E-state index contributed by atoms with van der Waals surface area (Å²) >= 11 is 0. The van der Waals surface area contributed by atoms with E-state index < -0.39 is 33.8 Å². The van der Waals surface area contributed by atoms with E-state index in [1.807, 2.05) is 0 Å². The summed E-state index contributed by atoms with van der Waals surface area (Å²) < 4.78 is 62.6. The van der Waals surface area contributed by atoms with E-state index in [-0.39, 0.29) is 5.76 Å². The molecular weight excluding hydrogens is 267 g/mol. The van der Waals surface area contributed by atoms with Crippen molar-refractivity contribution in [2.24, 2.45) is 0 Å². The molecule has 0 saturated heterocycles. The predicted octanol–water partition coefficient (Wildman–Crippen LogP) is 0.917. The van der Waals surface area contributed by atoms with E-state index in [9.17, 15) is 26.4 Å². The number of carbonyl (C=O) groups is 1. The zero-order valence-corrected chi connectivity index (χ0v) is 8.80. The van der Waals surface area contributed by atoms with Crippen LogP contribution in [-0.4, -0.2) is 25.0 Å². The third-order valence-electron chi connectivity index (χ3n) is 1.61. The van der Waals surface area contributed by atoms with Crippen LogP contribution in [-0.2, 0) is 16.6 Å². The molecule has 0 atom stereocenters. The quantitative estimate of drug-likeness (QED) is 0.850. The van der Waals surface area contributed by atoms with Gasteiger partial charge >= 0.3 is 21.5 Å². The van der Waals surface area contributed by atoms with Crippen molar-refractivity contribution in [1.82, 2.24) is 4.72 Å². The van der Waals surface area contributed by atoms with Crippen LogP contribution >= 0.6 is 0 Å². The molecular formula is C7H6F3NO5S. The van der Waals surface area contributed by atoms with Gasteiger partial charge in [0.25, 0.3) is 0 Å². The molecule has 2 N–H and O–H groups in total. The number of nitrogens with one attached hydrogen (secondary N) is 1. The van der Waals surface area contributed by atoms with Crippen molar-refractivity contribution in [3.63, 3.8) is 0 Å². The van der Waals surface area contributed by atoms with Gasteiger partial charge in [0.05, 0.1) is 6.54 Å². The molecule has 0 amide bonds. The first kappa shape index (κ1) is 13.5. The Kier molecular flexibility index (Phi) is 3.48. The molecule has 0 aliphatic heterocycles. The second-order valence-corrected chi connectivity index (χ2v) is 4.60. The highest BCUT2D eigenvalue weighted by atomic mass is 32.2. The predicted molar refractivity (Wildman–Crippen MR) is 47.5 cm³/mol. The summed E-state index contributed by atoms with van der Waals surface area (Å²) in [5.74, 6) is -2.14. The number of rotatable bonds is 4. The van der Waals surface area contributed by atoms with Gasteiger partial charge in [-0.25, -0.2) is 13.2 Å². The van der Waals surface area contributed by atoms with Gasteiger partial charge in [0.2, 0.25) is 5.76 Å². The summed E-state index contributed by atoms with van der Waals surface area (Å²) in [5, 5.41) is 8.44. The van der Waals surface area contributed by atoms with E-state index in [0.717, 1.165) is 12.1 Å². The summed E-state index contributed by atoms with van der Waals surface area (Å²) in [5.41, 5.74) is -5.42. The van der Waals surface area contributed by atoms with Gasteiger partial charge in [-0.1, -0.05) is 0 Å². The minimum absolute atomic E-state index is 0.241. The Balaban J connectivity index is 2.71. The number of alkyl halides is 3. The molecule has 6 nitrogen and oxygen atoms in total. The number of furan rings is 1. The van der Waals surface area contributed by atoms with Crippen molar-refractivity contribution < 1.29 is 35.9 Å². The van der Waals surface area contributed by atoms with Crippen LogP contribution in [0.4, 0.5) is 13.2 Å². The largest absolute Gasteiger partial charge is 0.511 e. The number of aromatic carboxylic acids is 1. The molecule has 1 aromatic rings. The van der Waals surface area contributed by atoms with E-state index in [1.54, 1.807) is 0 Å². The van der Waals surface area contributed by atoms with Crippen LogP contribution in [0.25, 0.3) is 0 Å². The fraction of sp³-hybridized carbons (Fsp3) is 0.286. The van der Waals surface area contributed by atoms with Crippen molar-refractivity contribution in [2.75, 3.05) is 0 Å². The van der Waals surface area contributed by atoms with E-state index in [0.29, 0.717) is 0 Å². The second kappa shape index (κ2) is 4.37. The third-order valence-corrected chi connectivity index (χ3v) is 2.75. The van der Waals surface area contributed by atoms with E-state index >= 15 is 0 Å². The molecule has 17 heavy (non-hydrogen) atoms. The van der Waals surface area contributed by atoms with Gasteiger partial charge in [0.1, 0.15) is 5.76 Å². The van der Waals surface area contributed by atoms with Gasteiger partial charge in [0, 0.05) is 0 Å². The van der Waals surface area contributed by atoms with Crippen molar-refractivity contribution in [3.8, 4) is 0 Å². The number of halogens is 3. The molecule has 0 spiro atoms. The lowest BCUT2D eigenvalue weighted by Gasteiger charge is -2.07. The fourth-order valence-corrected chi connectivity index (χ4v) is 1.33. The zero-order valence-electron chi connectivity index (χ0n) is 7.98. The highest BCUT2D eigenvalue weighted by Crippen LogP contribution is 2.22. The molecule has 0 aliphatic rings. The van der Waals surface area contributed by atoms with Gasteiger partial charge in [-0.15, -0.1) is 0 Å². The van der Waals surface area contributed by atoms with Crippen LogP contribution in [0.15, 0.2) is 16.5 Å². The molecule has 0 saturated carbocycles. The van der Waals surface area contributed by atoms with Crippen LogP contribution in [0.3, 0.4) is 0 Å². The molecule has 0 aliphatic carbocycles. The van der Waals surface area contributed by atoms with Crippen molar-refractivity contribution >= 4 is 16.0 Å². The fourth-order valence-electron chi connectivity index (χ4n) is 0.836. The first-order valence-corrected chi connectivity index (χ1v) is 5.50. The average molecular weight is 273 g/mol. The average Bonchev–Trinajstić information content (AvgIpc) is 2.61. The summed E-state index contributed by atoms with van der Waals surface area (Å²) in [6, 6.07) is 2.06. The van der Waals surface area contributed by atoms with Gasteiger partial charge in [0.15, 0.2) is 0 Å². The normalized spacial score (nSPS) is 12.6. The van der Waals surface area contributed by atoms with Gasteiger partial charge in [-0.2, -0.15) is 17.9 Å². The topological polar surface area (TPSA) is 96.6 Å². The Labute approximate surface area is 93.1 Å². The van der Waals surface area contributed by atoms with Crippen LogP contribution in [0.2, 0.25) is 0 Å². The van der Waals surface area contributed by atoms with Crippen molar-refractivity contribution in [2.45, 2.75) is 12.1 Å². The number of carboxylic acid groups (broad SMARTS) is 1. The Bertz CT molecular complexity index is 518. The highest BCUT2D eigenvalue weighted by Gasteiger charge is 2.45. The highest BCUT2D eigenvalue weighted by molar-refractivity contribution is 7.90. The molecule has 10 heteroatoms. The third kappa shape index (κ3) is 3.20. The lowest BCUT2D eigenvalue weighted by molar-refractivity contribution is -0.0448. The number of carboxylic acids is 1. The van der Waals surface area contributed by atoms with E-state index in [4.69, 9.17) is 5.11 Å². The van der Waals surface area contributed by atoms with Crippen LogP contribution in [0.1, 0.15) is 16.3 Å². The summed E-state index contributed by atoms with van der Waals surface area (Å²) in [6.45, 7) is -0.783. The maximum atomic E-state index is 11.9. The van der Waals surface area contributed by atoms with Gasteiger partial charge in [-0.3, -0.25) is 0 Å². The monoisotopic (exact) mass is 273 g/mol. The van der Waals surface area contributed by atoms with E-state index in [2.05, 4.69) is 4.42 Å². The number of sulfonamides is 1. The Hall–Kier alpha value is -1.55. The summed E-state index contributed by atoms with van der Waals surface area (Å²) in [4.78, 5) is 10.4. The van der Waals surface area contributed by atoms with E-state index in [1.165, 1.54) is 4.72 Å². The second-order valence-electron chi connectivity index (χ2n) is 2.84. The molecule has 1 heterocycles. The van der Waals surface area contributed by atoms with Gasteiger partial charge in [-0.05, 0) is 12.1 Å². The molecule has 1 rings (SSSR count). The number of hydrogen-bond donors (Lipinski definition) is 2. The number of hydrogen-bond acceptors (Lipinski definition) is 4. The lowest BCUT2D eigenvalue weighted by atomic mass is 10.4. The van der Waals surface area contributed by atoms with Crippen LogP contribution < -0.4 is 4.72 Å². The molecule has 0 radical (unpaired) electrons. The Morgan fingerprint density at radius 2 is 2.00 bits per heavy atom. The van der Waals surface area contributed by atoms with Crippen molar-refractivity contribution in [3.05, 3.63) is 23.7 Å². The van der Waals surface area contributed by atoms with Gasteiger partial charge < -0.3 is 9.52 Å². The first-order chi connectivity index (χ1) is 7.63. The smallest absolute Gasteiger partial charge is 0.475 e. The molecule has 0 fully saturated rings. The summed E-state index contributed by atoms with van der Waals surface area (Å²) in [7, 11) is -5.46. The van der Waals surface area contributed by atoms with Crippen LogP contribution in [0, 0.1) is 0 Å². The molecule has 96 valence electrons. The molecule has 0 bridgehead atoms. The zero-order chi connectivity index (χ0) is 13.3. The summed E-state index contributed by atoms with van der Waals surface area (Å²) in [6.07, 6.45) is 0. The molecule has 1 aromatic heterocycles. The van der Waals surface area contributed by atoms with Crippen molar-refractivity contribution in [1.29, 1.82) is 0 Å². The molecule has 0 aromatic carbocycles. The maximum absolute atomic E-state index is 11.9. The van der Waals surface area contributed by atoms with Crippen LogP contribution in [0.5, 0.6) is 0 Å². The Morgan fingerprint density at radius 3 is 2.41 bits per heavy atom.